The number of aliphatic carboxylic acids is 1. The lowest BCUT2D eigenvalue weighted by Gasteiger charge is -2.20. The molecular weight excluding hydrogens is 226 g/mol. The predicted octanol–water partition coefficient (Wildman–Crippen LogP) is 2.72. The van der Waals surface area contributed by atoms with Crippen LogP contribution < -0.4 is 5.32 Å². The lowest BCUT2D eigenvalue weighted by Crippen LogP contribution is -2.17. The number of hydrogen-bond acceptors (Lipinski definition) is 2. The lowest BCUT2D eigenvalue weighted by atomic mass is 9.86. The van der Waals surface area contributed by atoms with Crippen molar-refractivity contribution in [3.63, 3.8) is 0 Å². The number of carboxylic acid groups (broad SMARTS) is 1. The van der Waals surface area contributed by atoms with Gasteiger partial charge < -0.3 is 10.4 Å². The molecule has 0 radical (unpaired) electrons. The SMILES string of the molecule is CC(C)(C)c1ccc(C2CC(C(=O)O)CN2)cc1. The van der Waals surface area contributed by atoms with E-state index >= 15 is 0 Å². The van der Waals surface area contributed by atoms with Crippen LogP contribution in [0.25, 0.3) is 0 Å². The van der Waals surface area contributed by atoms with Crippen LogP contribution in [0.1, 0.15) is 44.4 Å². The van der Waals surface area contributed by atoms with Crippen LogP contribution in [0.4, 0.5) is 0 Å². The zero-order chi connectivity index (χ0) is 13.3. The van der Waals surface area contributed by atoms with Crippen molar-refractivity contribution < 1.29 is 9.90 Å². The van der Waals surface area contributed by atoms with Gasteiger partial charge >= 0.3 is 5.97 Å². The first kappa shape index (κ1) is 13.1. The number of carboxylic acids is 1. The topological polar surface area (TPSA) is 49.3 Å². The Hall–Kier alpha value is -1.35. The van der Waals surface area contributed by atoms with Crippen LogP contribution in [0.2, 0.25) is 0 Å². The molecule has 2 N–H and O–H groups in total. The van der Waals surface area contributed by atoms with Crippen LogP contribution in [0, 0.1) is 5.92 Å². The van der Waals surface area contributed by atoms with Gasteiger partial charge in [0.25, 0.3) is 0 Å². The number of nitrogens with one attached hydrogen (secondary N) is 1. The molecule has 0 bridgehead atoms. The van der Waals surface area contributed by atoms with Gasteiger partial charge in [0, 0.05) is 12.6 Å². The average molecular weight is 247 g/mol. The van der Waals surface area contributed by atoms with Crippen LogP contribution in [-0.4, -0.2) is 17.6 Å². The fourth-order valence-electron chi connectivity index (χ4n) is 2.39. The first-order valence-corrected chi connectivity index (χ1v) is 6.44. The quantitative estimate of drug-likeness (QED) is 0.844. The molecule has 2 unspecified atom stereocenters. The Morgan fingerprint density at radius 2 is 1.89 bits per heavy atom. The van der Waals surface area contributed by atoms with Gasteiger partial charge in [-0.3, -0.25) is 4.79 Å². The zero-order valence-corrected chi connectivity index (χ0v) is 11.2. The van der Waals surface area contributed by atoms with E-state index in [4.69, 9.17) is 5.11 Å². The highest BCUT2D eigenvalue weighted by atomic mass is 16.4. The highest BCUT2D eigenvalue weighted by Gasteiger charge is 2.30. The van der Waals surface area contributed by atoms with Crippen LogP contribution in [-0.2, 0) is 10.2 Å². The van der Waals surface area contributed by atoms with E-state index < -0.39 is 5.97 Å². The molecule has 0 aromatic heterocycles. The van der Waals surface area contributed by atoms with Gasteiger partial charge in [0.05, 0.1) is 5.92 Å². The summed E-state index contributed by atoms with van der Waals surface area (Å²) in [6.07, 6.45) is 0.685. The summed E-state index contributed by atoms with van der Waals surface area (Å²) in [5, 5.41) is 12.3. The van der Waals surface area contributed by atoms with Crippen molar-refractivity contribution in [2.45, 2.75) is 38.6 Å². The van der Waals surface area contributed by atoms with Crippen molar-refractivity contribution in [1.29, 1.82) is 0 Å². The van der Waals surface area contributed by atoms with E-state index in [1.807, 2.05) is 0 Å². The lowest BCUT2D eigenvalue weighted by molar-refractivity contribution is -0.141. The first-order chi connectivity index (χ1) is 8.38. The summed E-state index contributed by atoms with van der Waals surface area (Å²) >= 11 is 0. The molecule has 2 rings (SSSR count). The molecule has 0 aliphatic carbocycles. The minimum atomic E-state index is -0.698. The maximum Gasteiger partial charge on any atom is 0.307 e. The van der Waals surface area contributed by atoms with Crippen LogP contribution in [0.15, 0.2) is 24.3 Å². The van der Waals surface area contributed by atoms with Gasteiger partial charge in [0.1, 0.15) is 0 Å². The Balaban J connectivity index is 2.10. The monoisotopic (exact) mass is 247 g/mol. The van der Waals surface area contributed by atoms with Gasteiger partial charge in [-0.1, -0.05) is 45.0 Å². The second-order valence-electron chi connectivity index (χ2n) is 6.10. The number of rotatable bonds is 2. The average Bonchev–Trinajstić information content (AvgIpc) is 2.77. The van der Waals surface area contributed by atoms with Crippen molar-refractivity contribution in [2.24, 2.45) is 5.92 Å². The summed E-state index contributed by atoms with van der Waals surface area (Å²) < 4.78 is 0. The van der Waals surface area contributed by atoms with E-state index in [0.717, 1.165) is 0 Å². The van der Waals surface area contributed by atoms with E-state index in [1.54, 1.807) is 0 Å². The molecule has 0 amide bonds. The second-order valence-corrected chi connectivity index (χ2v) is 6.10. The second kappa shape index (κ2) is 4.73. The predicted molar refractivity (Wildman–Crippen MR) is 71.6 cm³/mol. The molecule has 98 valence electrons. The van der Waals surface area contributed by atoms with Gasteiger partial charge in [0.2, 0.25) is 0 Å². The Kier molecular flexibility index (Phi) is 3.44. The smallest absolute Gasteiger partial charge is 0.307 e. The zero-order valence-electron chi connectivity index (χ0n) is 11.2. The van der Waals surface area contributed by atoms with Gasteiger partial charge in [-0.25, -0.2) is 0 Å². The van der Waals surface area contributed by atoms with Crippen LogP contribution in [0.5, 0.6) is 0 Å². The normalized spacial score (nSPS) is 24.2. The molecule has 0 saturated carbocycles. The molecule has 1 saturated heterocycles. The highest BCUT2D eigenvalue weighted by molar-refractivity contribution is 5.70. The van der Waals surface area contributed by atoms with Gasteiger partial charge in [-0.05, 0) is 23.0 Å². The van der Waals surface area contributed by atoms with Gasteiger partial charge in [-0.15, -0.1) is 0 Å². The Morgan fingerprint density at radius 3 is 2.33 bits per heavy atom. The van der Waals surface area contributed by atoms with Crippen molar-refractivity contribution in [3.05, 3.63) is 35.4 Å². The van der Waals surface area contributed by atoms with E-state index in [9.17, 15) is 4.79 Å². The molecule has 1 fully saturated rings. The van der Waals surface area contributed by atoms with E-state index in [-0.39, 0.29) is 17.4 Å². The largest absolute Gasteiger partial charge is 0.481 e. The summed E-state index contributed by atoms with van der Waals surface area (Å²) in [6, 6.07) is 8.70. The fourth-order valence-corrected chi connectivity index (χ4v) is 2.39. The van der Waals surface area contributed by atoms with Crippen LogP contribution in [0.3, 0.4) is 0 Å². The van der Waals surface area contributed by atoms with E-state index in [1.165, 1.54) is 11.1 Å². The van der Waals surface area contributed by atoms with E-state index in [0.29, 0.717) is 13.0 Å². The Bertz CT molecular complexity index is 431. The van der Waals surface area contributed by atoms with Gasteiger partial charge in [-0.2, -0.15) is 0 Å². The number of benzene rings is 1. The fraction of sp³-hybridized carbons (Fsp3) is 0.533. The number of hydrogen-bond donors (Lipinski definition) is 2. The third-order valence-electron chi connectivity index (χ3n) is 3.66. The van der Waals surface area contributed by atoms with Gasteiger partial charge in [0.15, 0.2) is 0 Å². The Labute approximate surface area is 108 Å². The van der Waals surface area contributed by atoms with Crippen LogP contribution >= 0.6 is 0 Å². The summed E-state index contributed by atoms with van der Waals surface area (Å²) in [4.78, 5) is 10.9. The highest BCUT2D eigenvalue weighted by Crippen LogP contribution is 2.29. The molecule has 3 heteroatoms. The molecule has 18 heavy (non-hydrogen) atoms. The third kappa shape index (κ3) is 2.72. The first-order valence-electron chi connectivity index (χ1n) is 6.44. The molecule has 3 nitrogen and oxygen atoms in total. The summed E-state index contributed by atoms with van der Waals surface area (Å²) in [5.41, 5.74) is 2.65. The number of carbonyl (C=O) groups is 1. The molecule has 1 heterocycles. The van der Waals surface area contributed by atoms with Crippen molar-refractivity contribution in [2.75, 3.05) is 6.54 Å². The molecular formula is C15H21NO2. The maximum absolute atomic E-state index is 10.9. The maximum atomic E-state index is 10.9. The summed E-state index contributed by atoms with van der Waals surface area (Å²) in [7, 11) is 0. The molecule has 1 aliphatic rings. The standard InChI is InChI=1S/C15H21NO2/c1-15(2,3)12-6-4-10(5-7-12)13-8-11(9-16-13)14(17)18/h4-7,11,13,16H,8-9H2,1-3H3,(H,17,18). The summed E-state index contributed by atoms with van der Waals surface area (Å²) in [6.45, 7) is 7.14. The minimum Gasteiger partial charge on any atom is -0.481 e. The molecule has 2 atom stereocenters. The van der Waals surface area contributed by atoms with Crippen molar-refractivity contribution in [1.82, 2.24) is 5.32 Å². The molecule has 0 spiro atoms. The van der Waals surface area contributed by atoms with E-state index in [2.05, 4.69) is 50.4 Å². The van der Waals surface area contributed by atoms with Crippen molar-refractivity contribution in [3.8, 4) is 0 Å². The Morgan fingerprint density at radius 1 is 1.28 bits per heavy atom. The molecule has 1 aromatic carbocycles. The minimum absolute atomic E-state index is 0.158. The molecule has 1 aromatic rings. The summed E-state index contributed by atoms with van der Waals surface area (Å²) in [5.74, 6) is -0.950. The van der Waals surface area contributed by atoms with Crippen molar-refractivity contribution >= 4 is 5.97 Å². The third-order valence-corrected chi connectivity index (χ3v) is 3.66. The molecule has 1 aliphatic heterocycles.